The molecule has 0 radical (unpaired) electrons. The fourth-order valence-corrected chi connectivity index (χ4v) is 0.734. The van der Waals surface area contributed by atoms with Gasteiger partial charge in [0.05, 0.1) is 6.61 Å². The fraction of sp³-hybridized carbons (Fsp3) is 0.556. The maximum atomic E-state index is 11.0. The minimum Gasteiger partial charge on any atom is -0.464 e. The lowest BCUT2D eigenvalue weighted by atomic mass is 10.1. The van der Waals surface area contributed by atoms with Gasteiger partial charge in [0.15, 0.2) is 5.78 Å². The number of ketones is 1. The van der Waals surface area contributed by atoms with Crippen molar-refractivity contribution < 1.29 is 19.4 Å². The first-order valence-electron chi connectivity index (χ1n) is 4.11. The Kier molecular flexibility index (Phi) is 5.80. The first-order chi connectivity index (χ1) is 6.13. The van der Waals surface area contributed by atoms with Gasteiger partial charge >= 0.3 is 5.97 Å². The first-order valence-corrected chi connectivity index (χ1v) is 4.11. The van der Waals surface area contributed by atoms with Crippen LogP contribution in [0.5, 0.6) is 0 Å². The van der Waals surface area contributed by atoms with Crippen LogP contribution in [0.4, 0.5) is 0 Å². The summed E-state index contributed by atoms with van der Waals surface area (Å²) in [5, 5.41) is 9.09. The molecule has 0 saturated heterocycles. The highest BCUT2D eigenvalue weighted by atomic mass is 16.5. The summed E-state index contributed by atoms with van der Waals surface area (Å²) < 4.78 is 4.47. The quantitative estimate of drug-likeness (QED) is 0.371. The van der Waals surface area contributed by atoms with Crippen molar-refractivity contribution in [1.82, 2.24) is 0 Å². The van der Waals surface area contributed by atoms with E-state index in [9.17, 15) is 9.59 Å². The molecule has 0 bridgehead atoms. The van der Waals surface area contributed by atoms with E-state index in [1.807, 2.05) is 0 Å². The Hall–Kier alpha value is -1.16. The van der Waals surface area contributed by atoms with E-state index in [0.29, 0.717) is 6.42 Å². The standard InChI is InChI=1S/C9H14O4/c1-3-5-6-7(10)8(11)9(12)13-4-2/h3,8,11H,1,4-6H2,2H3. The second-order valence-electron chi connectivity index (χ2n) is 2.45. The third kappa shape index (κ3) is 4.42. The largest absolute Gasteiger partial charge is 0.464 e. The summed E-state index contributed by atoms with van der Waals surface area (Å²) in [6.45, 7) is 5.19. The Morgan fingerprint density at radius 2 is 2.23 bits per heavy atom. The van der Waals surface area contributed by atoms with E-state index >= 15 is 0 Å². The zero-order chi connectivity index (χ0) is 10.3. The van der Waals surface area contributed by atoms with Crippen LogP contribution in [0.25, 0.3) is 0 Å². The molecule has 0 rings (SSSR count). The molecular formula is C9H14O4. The number of hydrogen-bond donors (Lipinski definition) is 1. The predicted molar refractivity (Wildman–Crippen MR) is 47.1 cm³/mol. The Bertz CT molecular complexity index is 198. The van der Waals surface area contributed by atoms with E-state index in [0.717, 1.165) is 0 Å². The fourth-order valence-electron chi connectivity index (χ4n) is 0.734. The molecule has 0 saturated carbocycles. The van der Waals surface area contributed by atoms with Crippen LogP contribution in [0, 0.1) is 0 Å². The van der Waals surface area contributed by atoms with Crippen molar-refractivity contribution in [2.75, 3.05) is 6.61 Å². The molecule has 0 heterocycles. The molecule has 4 heteroatoms. The SMILES string of the molecule is C=CCCC(=O)C(O)C(=O)OCC. The van der Waals surface area contributed by atoms with Crippen LogP contribution >= 0.6 is 0 Å². The van der Waals surface area contributed by atoms with Crippen molar-refractivity contribution in [3.05, 3.63) is 12.7 Å². The number of ether oxygens (including phenoxy) is 1. The van der Waals surface area contributed by atoms with Crippen LogP contribution in [-0.2, 0) is 14.3 Å². The summed E-state index contributed by atoms with van der Waals surface area (Å²) in [6, 6.07) is 0. The zero-order valence-corrected chi connectivity index (χ0v) is 7.66. The Morgan fingerprint density at radius 3 is 2.69 bits per heavy atom. The molecule has 0 amide bonds. The molecule has 0 aliphatic rings. The van der Waals surface area contributed by atoms with Gasteiger partial charge in [-0.15, -0.1) is 6.58 Å². The molecule has 0 spiro atoms. The van der Waals surface area contributed by atoms with E-state index in [4.69, 9.17) is 5.11 Å². The van der Waals surface area contributed by atoms with Crippen molar-refractivity contribution >= 4 is 11.8 Å². The summed E-state index contributed by atoms with van der Waals surface area (Å²) in [4.78, 5) is 21.8. The van der Waals surface area contributed by atoms with E-state index in [-0.39, 0.29) is 13.0 Å². The smallest absolute Gasteiger partial charge is 0.342 e. The van der Waals surface area contributed by atoms with E-state index < -0.39 is 17.9 Å². The van der Waals surface area contributed by atoms with Gasteiger partial charge in [0.2, 0.25) is 6.10 Å². The third-order valence-electron chi connectivity index (χ3n) is 1.41. The van der Waals surface area contributed by atoms with Crippen molar-refractivity contribution in [3.8, 4) is 0 Å². The topological polar surface area (TPSA) is 63.6 Å². The summed E-state index contributed by atoms with van der Waals surface area (Å²) in [5.74, 6) is -1.41. The number of hydrogen-bond acceptors (Lipinski definition) is 4. The average molecular weight is 186 g/mol. The Labute approximate surface area is 77.2 Å². The number of carbonyl (C=O) groups excluding carboxylic acids is 2. The van der Waals surface area contributed by atoms with Crippen LogP contribution in [0.2, 0.25) is 0 Å². The number of allylic oxidation sites excluding steroid dienone is 1. The van der Waals surface area contributed by atoms with Gasteiger partial charge in [-0.05, 0) is 13.3 Å². The molecule has 0 aromatic carbocycles. The lowest BCUT2D eigenvalue weighted by Crippen LogP contribution is -2.31. The number of Topliss-reactive ketones (excluding diaryl/α,β-unsaturated/α-hetero) is 1. The highest BCUT2D eigenvalue weighted by Gasteiger charge is 2.23. The molecular weight excluding hydrogens is 172 g/mol. The van der Waals surface area contributed by atoms with Crippen molar-refractivity contribution in [3.63, 3.8) is 0 Å². The van der Waals surface area contributed by atoms with Gasteiger partial charge in [0.1, 0.15) is 0 Å². The van der Waals surface area contributed by atoms with Crippen LogP contribution in [0.3, 0.4) is 0 Å². The number of rotatable bonds is 6. The molecule has 0 aliphatic heterocycles. The molecule has 1 unspecified atom stereocenters. The average Bonchev–Trinajstić information content (AvgIpc) is 2.13. The summed E-state index contributed by atoms with van der Waals surface area (Å²) >= 11 is 0. The maximum absolute atomic E-state index is 11.0. The molecule has 13 heavy (non-hydrogen) atoms. The van der Waals surface area contributed by atoms with Crippen molar-refractivity contribution in [2.24, 2.45) is 0 Å². The minimum absolute atomic E-state index is 0.115. The Morgan fingerprint density at radius 1 is 1.62 bits per heavy atom. The van der Waals surface area contributed by atoms with E-state index in [2.05, 4.69) is 11.3 Å². The lowest BCUT2D eigenvalue weighted by molar-refractivity contribution is -0.157. The molecule has 1 N–H and O–H groups in total. The van der Waals surface area contributed by atoms with Crippen molar-refractivity contribution in [2.45, 2.75) is 25.9 Å². The predicted octanol–water partition coefficient (Wildman–Crippen LogP) is 0.446. The molecule has 0 aromatic rings. The van der Waals surface area contributed by atoms with Gasteiger partial charge in [-0.2, -0.15) is 0 Å². The normalized spacial score (nSPS) is 11.8. The minimum atomic E-state index is -1.64. The Balaban J connectivity index is 3.93. The second-order valence-corrected chi connectivity index (χ2v) is 2.45. The van der Waals surface area contributed by atoms with Crippen LogP contribution in [-0.4, -0.2) is 29.6 Å². The lowest BCUT2D eigenvalue weighted by Gasteiger charge is -2.07. The van der Waals surface area contributed by atoms with Gasteiger partial charge in [-0.3, -0.25) is 4.79 Å². The van der Waals surface area contributed by atoms with Crippen molar-refractivity contribution in [1.29, 1.82) is 0 Å². The van der Waals surface area contributed by atoms with E-state index in [1.165, 1.54) is 0 Å². The van der Waals surface area contributed by atoms with Gasteiger partial charge in [-0.25, -0.2) is 4.79 Å². The van der Waals surface area contributed by atoms with Crippen LogP contribution in [0.1, 0.15) is 19.8 Å². The molecule has 0 fully saturated rings. The van der Waals surface area contributed by atoms with Gasteiger partial charge in [0, 0.05) is 6.42 Å². The summed E-state index contributed by atoms with van der Waals surface area (Å²) in [5.41, 5.74) is 0. The first kappa shape index (κ1) is 11.8. The monoisotopic (exact) mass is 186 g/mol. The molecule has 4 nitrogen and oxygen atoms in total. The molecule has 0 aromatic heterocycles. The zero-order valence-electron chi connectivity index (χ0n) is 7.66. The molecule has 1 atom stereocenters. The van der Waals surface area contributed by atoms with Crippen LogP contribution < -0.4 is 0 Å². The van der Waals surface area contributed by atoms with Gasteiger partial charge < -0.3 is 9.84 Å². The second kappa shape index (κ2) is 6.37. The molecule has 74 valence electrons. The number of aliphatic hydroxyl groups is 1. The summed E-state index contributed by atoms with van der Waals surface area (Å²) in [7, 11) is 0. The highest BCUT2D eigenvalue weighted by Crippen LogP contribution is 1.98. The molecule has 0 aliphatic carbocycles. The van der Waals surface area contributed by atoms with Crippen LogP contribution in [0.15, 0.2) is 12.7 Å². The maximum Gasteiger partial charge on any atom is 0.342 e. The van der Waals surface area contributed by atoms with Gasteiger partial charge in [0.25, 0.3) is 0 Å². The number of carbonyl (C=O) groups is 2. The number of aliphatic hydroxyl groups excluding tert-OH is 1. The summed E-state index contributed by atoms with van der Waals surface area (Å²) in [6.07, 6.45) is 0.481. The third-order valence-corrected chi connectivity index (χ3v) is 1.41. The van der Waals surface area contributed by atoms with Gasteiger partial charge in [-0.1, -0.05) is 6.08 Å². The number of esters is 1. The van der Waals surface area contributed by atoms with E-state index in [1.54, 1.807) is 13.0 Å². The highest BCUT2D eigenvalue weighted by molar-refractivity contribution is 6.01.